The van der Waals surface area contributed by atoms with Crippen molar-refractivity contribution >= 4 is 104 Å². The first-order valence-electron chi connectivity index (χ1n) is 8.06. The predicted octanol–water partition coefficient (Wildman–Crippen LogP) is 5.65. The second-order valence-electron chi connectivity index (χ2n) is 5.47. The summed E-state index contributed by atoms with van der Waals surface area (Å²) in [6, 6.07) is 10.2. The molecule has 0 saturated carbocycles. The molecule has 0 unspecified atom stereocenters. The van der Waals surface area contributed by atoms with E-state index in [4.69, 9.17) is 70.8 Å². The molecule has 2 rings (SSSR count). The predicted molar refractivity (Wildman–Crippen MR) is 133 cm³/mol. The summed E-state index contributed by atoms with van der Waals surface area (Å²) in [5, 5.41) is 12.3. The van der Waals surface area contributed by atoms with Gasteiger partial charge in [-0.3, -0.25) is 9.59 Å². The van der Waals surface area contributed by atoms with E-state index in [9.17, 15) is 9.59 Å². The topological polar surface area (TPSA) is 82.3 Å². The molecule has 30 heavy (non-hydrogen) atoms. The van der Waals surface area contributed by atoms with Crippen LogP contribution in [0.1, 0.15) is 13.8 Å². The number of benzene rings is 2. The standard InChI is InChI=1S/2C9H8Cl2N2OS/c2*1-5(14)12-9(15)13-7-4-2-3-6(10)8(7)11/h2*2-4H,1H3,(H2,12,13,14,15). The van der Waals surface area contributed by atoms with Crippen LogP contribution in [0.5, 0.6) is 0 Å². The van der Waals surface area contributed by atoms with Crippen LogP contribution in [0.25, 0.3) is 0 Å². The molecule has 0 atom stereocenters. The fourth-order valence-electron chi connectivity index (χ4n) is 1.83. The van der Waals surface area contributed by atoms with Crippen molar-refractivity contribution in [2.45, 2.75) is 13.8 Å². The van der Waals surface area contributed by atoms with Gasteiger partial charge in [-0.25, -0.2) is 0 Å². The van der Waals surface area contributed by atoms with Gasteiger partial charge in [-0.1, -0.05) is 58.5 Å². The quantitative estimate of drug-likeness (QED) is 0.379. The molecule has 0 aliphatic rings. The Balaban J connectivity index is 0.000000300. The molecule has 0 aliphatic carbocycles. The highest BCUT2D eigenvalue weighted by Gasteiger charge is 2.07. The fraction of sp³-hybridized carbons (Fsp3) is 0.111. The minimum absolute atomic E-state index is 0.187. The van der Waals surface area contributed by atoms with Gasteiger partial charge in [0.15, 0.2) is 10.2 Å². The van der Waals surface area contributed by atoms with Crippen LogP contribution in [0.15, 0.2) is 36.4 Å². The summed E-state index contributed by atoms with van der Waals surface area (Å²) in [5.74, 6) is -0.490. The maximum atomic E-state index is 10.7. The van der Waals surface area contributed by atoms with Gasteiger partial charge in [0.1, 0.15) is 0 Å². The third kappa shape index (κ3) is 9.42. The van der Waals surface area contributed by atoms with Crippen LogP contribution >= 0.6 is 70.8 Å². The van der Waals surface area contributed by atoms with Crippen LogP contribution in [0, 0.1) is 0 Å². The van der Waals surface area contributed by atoms with Crippen molar-refractivity contribution in [1.82, 2.24) is 10.6 Å². The van der Waals surface area contributed by atoms with Crippen LogP contribution in [-0.4, -0.2) is 22.0 Å². The van der Waals surface area contributed by atoms with Crippen molar-refractivity contribution in [3.05, 3.63) is 56.5 Å². The highest BCUT2D eigenvalue weighted by molar-refractivity contribution is 7.80. The Labute approximate surface area is 204 Å². The average molecular weight is 526 g/mol. The van der Waals surface area contributed by atoms with Crippen molar-refractivity contribution in [3.63, 3.8) is 0 Å². The molecular weight excluding hydrogens is 510 g/mol. The third-order valence-corrected chi connectivity index (χ3v) is 5.02. The summed E-state index contributed by atoms with van der Waals surface area (Å²) >= 11 is 33.2. The average Bonchev–Trinajstić information content (AvgIpc) is 2.62. The molecule has 0 saturated heterocycles. The summed E-state index contributed by atoms with van der Waals surface area (Å²) in [6.07, 6.45) is 0. The number of nitrogens with one attached hydrogen (secondary N) is 4. The van der Waals surface area contributed by atoms with Crippen LogP contribution < -0.4 is 21.3 Å². The summed E-state index contributed by atoms with van der Waals surface area (Å²) in [4.78, 5) is 21.4. The largest absolute Gasteiger partial charge is 0.331 e. The van der Waals surface area contributed by atoms with Gasteiger partial charge >= 0.3 is 0 Å². The van der Waals surface area contributed by atoms with Crippen LogP contribution in [0.3, 0.4) is 0 Å². The van der Waals surface area contributed by atoms with Gasteiger partial charge in [0.25, 0.3) is 0 Å². The highest BCUT2D eigenvalue weighted by atomic mass is 35.5. The molecule has 2 aromatic carbocycles. The number of halogens is 4. The maximum absolute atomic E-state index is 10.7. The summed E-state index contributed by atoms with van der Waals surface area (Å²) in [5.41, 5.74) is 1.12. The van der Waals surface area contributed by atoms with Gasteiger partial charge in [0, 0.05) is 13.8 Å². The smallest absolute Gasteiger partial charge is 0.222 e. The molecule has 4 N–H and O–H groups in total. The molecule has 0 aliphatic heterocycles. The number of hydrogen-bond donors (Lipinski definition) is 4. The van der Waals surface area contributed by atoms with Crippen molar-refractivity contribution in [2.75, 3.05) is 10.6 Å². The van der Waals surface area contributed by atoms with Gasteiger partial charge in [-0.05, 0) is 48.7 Å². The lowest BCUT2D eigenvalue weighted by atomic mass is 10.3. The Morgan fingerprint density at radius 2 is 1.03 bits per heavy atom. The van der Waals surface area contributed by atoms with Gasteiger partial charge in [-0.2, -0.15) is 0 Å². The molecule has 2 amide bonds. The molecule has 0 aromatic heterocycles. The summed E-state index contributed by atoms with van der Waals surface area (Å²) in [7, 11) is 0. The number of carbonyl (C=O) groups is 2. The minimum atomic E-state index is -0.245. The SMILES string of the molecule is CC(=O)NC(=S)Nc1cccc(Cl)c1Cl.CC(=O)NC(=S)Nc1cccc(Cl)c1Cl. The molecule has 0 bridgehead atoms. The first-order valence-corrected chi connectivity index (χ1v) is 10.4. The lowest BCUT2D eigenvalue weighted by Gasteiger charge is -2.09. The molecule has 0 heterocycles. The van der Waals surface area contributed by atoms with Gasteiger partial charge in [-0.15, -0.1) is 0 Å². The zero-order valence-electron chi connectivity index (χ0n) is 15.6. The lowest BCUT2D eigenvalue weighted by Crippen LogP contribution is -2.32. The van der Waals surface area contributed by atoms with Crippen molar-refractivity contribution in [3.8, 4) is 0 Å². The maximum Gasteiger partial charge on any atom is 0.222 e. The molecule has 2 aromatic rings. The monoisotopic (exact) mass is 524 g/mol. The number of anilines is 2. The van der Waals surface area contributed by atoms with Gasteiger partial charge < -0.3 is 21.3 Å². The summed E-state index contributed by atoms with van der Waals surface area (Å²) in [6.45, 7) is 2.74. The number of hydrogen-bond acceptors (Lipinski definition) is 4. The van der Waals surface area contributed by atoms with E-state index in [-0.39, 0.29) is 22.0 Å². The van der Waals surface area contributed by atoms with E-state index in [0.29, 0.717) is 31.5 Å². The number of thiocarbonyl (C=S) groups is 2. The van der Waals surface area contributed by atoms with E-state index < -0.39 is 0 Å². The van der Waals surface area contributed by atoms with Crippen LogP contribution in [0.2, 0.25) is 20.1 Å². The highest BCUT2D eigenvalue weighted by Crippen LogP contribution is 2.30. The molecule has 0 fully saturated rings. The number of carbonyl (C=O) groups excluding carboxylic acids is 2. The van der Waals surface area contributed by atoms with E-state index in [1.54, 1.807) is 36.4 Å². The molecular formula is C18H16Cl4N4O2S2. The zero-order valence-corrected chi connectivity index (χ0v) is 20.3. The van der Waals surface area contributed by atoms with E-state index in [1.165, 1.54) is 13.8 Å². The summed E-state index contributed by atoms with van der Waals surface area (Å²) < 4.78 is 0. The Kier molecular flexibility index (Phi) is 11.3. The first-order chi connectivity index (χ1) is 14.0. The Morgan fingerprint density at radius 3 is 1.33 bits per heavy atom. The van der Waals surface area contributed by atoms with Crippen molar-refractivity contribution in [2.24, 2.45) is 0 Å². The molecule has 0 spiro atoms. The molecule has 0 radical (unpaired) electrons. The Morgan fingerprint density at radius 1 is 0.700 bits per heavy atom. The van der Waals surface area contributed by atoms with E-state index in [1.807, 2.05) is 0 Å². The Hall–Kier alpha value is -1.68. The second kappa shape index (κ2) is 12.9. The molecule has 160 valence electrons. The molecule has 6 nitrogen and oxygen atoms in total. The second-order valence-corrected chi connectivity index (χ2v) is 7.86. The lowest BCUT2D eigenvalue weighted by molar-refractivity contribution is -0.118. The number of amides is 2. The zero-order chi connectivity index (χ0) is 22.8. The normalized spacial score (nSPS) is 9.53. The minimum Gasteiger partial charge on any atom is -0.331 e. The first kappa shape index (κ1) is 26.4. The fourth-order valence-corrected chi connectivity index (χ4v) is 3.03. The van der Waals surface area contributed by atoms with E-state index >= 15 is 0 Å². The van der Waals surface area contributed by atoms with E-state index in [0.717, 1.165) is 0 Å². The number of rotatable bonds is 2. The molecule has 12 heteroatoms. The van der Waals surface area contributed by atoms with E-state index in [2.05, 4.69) is 21.3 Å². The van der Waals surface area contributed by atoms with Gasteiger partial charge in [0.05, 0.1) is 31.5 Å². The van der Waals surface area contributed by atoms with Gasteiger partial charge in [0.2, 0.25) is 11.8 Å². The van der Waals surface area contributed by atoms with Crippen LogP contribution in [0.4, 0.5) is 11.4 Å². The third-order valence-electron chi connectivity index (χ3n) is 2.98. The van der Waals surface area contributed by atoms with Crippen molar-refractivity contribution < 1.29 is 9.59 Å². The van der Waals surface area contributed by atoms with Crippen LogP contribution in [-0.2, 0) is 9.59 Å². The van der Waals surface area contributed by atoms with Crippen molar-refractivity contribution in [1.29, 1.82) is 0 Å². The Bertz CT molecular complexity index is 896.